The van der Waals surface area contributed by atoms with Crippen LogP contribution in [0.3, 0.4) is 0 Å². The Morgan fingerprint density at radius 1 is 1.10 bits per heavy atom. The molecular weight excluding hydrogens is 368 g/mol. The molecule has 0 spiro atoms. The Morgan fingerprint density at radius 2 is 1.93 bits per heavy atom. The van der Waals surface area contributed by atoms with Crippen molar-refractivity contribution in [3.8, 4) is 0 Å². The summed E-state index contributed by atoms with van der Waals surface area (Å²) in [4.78, 5) is 42.1. The van der Waals surface area contributed by atoms with Crippen molar-refractivity contribution in [3.05, 3.63) is 72.1 Å². The number of hydrogen-bond acceptors (Lipinski definition) is 4. The molecule has 2 aliphatic rings. The number of nitrogens with one attached hydrogen (secondary N) is 2. The summed E-state index contributed by atoms with van der Waals surface area (Å²) >= 11 is 0. The summed E-state index contributed by atoms with van der Waals surface area (Å²) < 4.78 is 0. The lowest BCUT2D eigenvalue weighted by molar-refractivity contribution is -0.139. The molecule has 2 N–H and O–H groups in total. The van der Waals surface area contributed by atoms with Gasteiger partial charge in [0.25, 0.3) is 5.91 Å². The molecule has 7 nitrogen and oxygen atoms in total. The van der Waals surface area contributed by atoms with Crippen molar-refractivity contribution < 1.29 is 14.4 Å². The zero-order valence-corrected chi connectivity index (χ0v) is 15.9. The van der Waals surface area contributed by atoms with Crippen LogP contribution in [0.5, 0.6) is 0 Å². The van der Waals surface area contributed by atoms with Crippen molar-refractivity contribution in [2.24, 2.45) is 11.8 Å². The molecule has 4 rings (SSSR count). The Kier molecular flexibility index (Phi) is 5.37. The summed E-state index contributed by atoms with van der Waals surface area (Å²) in [5, 5.41) is 4.14. The van der Waals surface area contributed by atoms with E-state index in [0.717, 1.165) is 5.69 Å². The van der Waals surface area contributed by atoms with Crippen LogP contribution >= 0.6 is 0 Å². The first-order valence-electron chi connectivity index (χ1n) is 9.71. The third-order valence-corrected chi connectivity index (χ3v) is 5.29. The molecule has 1 aromatic heterocycles. The number of hydrogen-bond donors (Lipinski definition) is 2. The number of amides is 3. The second-order valence-corrected chi connectivity index (χ2v) is 7.18. The smallest absolute Gasteiger partial charge is 0.251 e. The molecule has 1 saturated heterocycles. The molecule has 1 fully saturated rings. The zero-order chi connectivity index (χ0) is 20.2. The minimum Gasteiger partial charge on any atom is -0.352 e. The lowest BCUT2D eigenvalue weighted by atomic mass is 9.80. The Morgan fingerprint density at radius 3 is 2.72 bits per heavy atom. The Balaban J connectivity index is 1.44. The summed E-state index contributed by atoms with van der Waals surface area (Å²) in [6.45, 7) is 0.454. The predicted molar refractivity (Wildman–Crippen MR) is 108 cm³/mol. The van der Waals surface area contributed by atoms with E-state index >= 15 is 0 Å². The topological polar surface area (TPSA) is 91.4 Å². The average Bonchev–Trinajstić information content (AvgIpc) is 2.77. The first-order valence-corrected chi connectivity index (χ1v) is 9.71. The van der Waals surface area contributed by atoms with Gasteiger partial charge in [0.1, 0.15) is 0 Å². The third-order valence-electron chi connectivity index (χ3n) is 5.29. The summed E-state index contributed by atoms with van der Waals surface area (Å²) in [5.41, 5.74) is 4.49. The van der Waals surface area contributed by atoms with Gasteiger partial charge in [-0.2, -0.15) is 0 Å². The number of pyridine rings is 1. The largest absolute Gasteiger partial charge is 0.352 e. The molecule has 1 aliphatic heterocycles. The second kappa shape index (κ2) is 8.26. The minimum atomic E-state index is -0.357. The van der Waals surface area contributed by atoms with E-state index in [1.807, 2.05) is 30.4 Å². The number of hydrazine groups is 1. The molecule has 0 saturated carbocycles. The van der Waals surface area contributed by atoms with Crippen LogP contribution < -0.4 is 15.8 Å². The fraction of sp³-hybridized carbons (Fsp3) is 0.273. The standard InChI is InChI=1S/C22H22N4O3/c27-20(24-13-11-16-7-3-4-12-23-16)15-6-5-8-17(14-15)26-22(29)19-10-2-1-9-18(19)21(28)25-26/h1-8,12,14,18-19H,9-11,13H2,(H,24,27)(H,25,28). The number of carbonyl (C=O) groups excluding carboxylic acids is 3. The van der Waals surface area contributed by atoms with E-state index in [1.165, 1.54) is 5.01 Å². The van der Waals surface area contributed by atoms with Crippen molar-refractivity contribution in [2.45, 2.75) is 19.3 Å². The monoisotopic (exact) mass is 390 g/mol. The van der Waals surface area contributed by atoms with Gasteiger partial charge in [-0.15, -0.1) is 0 Å². The van der Waals surface area contributed by atoms with Gasteiger partial charge in [-0.3, -0.25) is 24.8 Å². The second-order valence-electron chi connectivity index (χ2n) is 7.18. The highest BCUT2D eigenvalue weighted by molar-refractivity contribution is 6.05. The van der Waals surface area contributed by atoms with Gasteiger partial charge in [0.05, 0.1) is 17.5 Å². The maximum Gasteiger partial charge on any atom is 0.251 e. The molecule has 1 aromatic carbocycles. The number of benzene rings is 1. The molecule has 29 heavy (non-hydrogen) atoms. The molecule has 7 heteroatoms. The number of nitrogens with zero attached hydrogens (tertiary/aromatic N) is 2. The van der Waals surface area contributed by atoms with Gasteiger partial charge >= 0.3 is 0 Å². The molecule has 1 aliphatic carbocycles. The predicted octanol–water partition coefficient (Wildman–Crippen LogP) is 2.01. The Hall–Kier alpha value is -3.48. The van der Waals surface area contributed by atoms with Crippen molar-refractivity contribution in [1.82, 2.24) is 15.7 Å². The number of carbonyl (C=O) groups is 3. The van der Waals surface area contributed by atoms with Crippen LogP contribution in [0.15, 0.2) is 60.8 Å². The third kappa shape index (κ3) is 4.03. The van der Waals surface area contributed by atoms with Gasteiger partial charge in [-0.1, -0.05) is 24.3 Å². The number of anilines is 1. The van der Waals surface area contributed by atoms with Gasteiger partial charge < -0.3 is 5.32 Å². The Labute approximate surface area is 168 Å². The molecule has 0 radical (unpaired) electrons. The SMILES string of the molecule is O=C(NCCc1ccccn1)c1cccc(N2NC(=O)C3CC=CCC3C2=O)c1. The van der Waals surface area contributed by atoms with Gasteiger partial charge in [-0.25, -0.2) is 5.01 Å². The molecule has 148 valence electrons. The first-order chi connectivity index (χ1) is 14.1. The highest BCUT2D eigenvalue weighted by Crippen LogP contribution is 2.32. The van der Waals surface area contributed by atoms with Crippen LogP contribution in [0.2, 0.25) is 0 Å². The summed E-state index contributed by atoms with van der Waals surface area (Å²) in [6, 6.07) is 12.4. The molecule has 3 amide bonds. The molecule has 2 heterocycles. The van der Waals surface area contributed by atoms with Crippen molar-refractivity contribution in [2.75, 3.05) is 11.6 Å². The van der Waals surface area contributed by atoms with Gasteiger partial charge in [-0.05, 0) is 43.2 Å². The summed E-state index contributed by atoms with van der Waals surface area (Å²) in [5.74, 6) is -1.22. The lowest BCUT2D eigenvalue weighted by Crippen LogP contribution is -2.59. The van der Waals surface area contributed by atoms with E-state index in [1.54, 1.807) is 30.5 Å². The van der Waals surface area contributed by atoms with Crippen LogP contribution in [0.4, 0.5) is 5.69 Å². The van der Waals surface area contributed by atoms with Gasteiger partial charge in [0.15, 0.2) is 0 Å². The highest BCUT2D eigenvalue weighted by Gasteiger charge is 2.42. The van der Waals surface area contributed by atoms with E-state index in [-0.39, 0.29) is 29.6 Å². The Bertz CT molecular complexity index is 958. The fourth-order valence-corrected chi connectivity index (χ4v) is 3.72. The number of aromatic nitrogens is 1. The zero-order valence-electron chi connectivity index (χ0n) is 15.9. The van der Waals surface area contributed by atoms with E-state index in [0.29, 0.717) is 37.1 Å². The quantitative estimate of drug-likeness (QED) is 0.764. The molecule has 0 bridgehead atoms. The average molecular weight is 390 g/mol. The molecule has 2 unspecified atom stereocenters. The number of rotatable bonds is 5. The van der Waals surface area contributed by atoms with Crippen molar-refractivity contribution >= 4 is 23.4 Å². The minimum absolute atomic E-state index is 0.147. The van der Waals surface area contributed by atoms with E-state index in [4.69, 9.17) is 0 Å². The van der Waals surface area contributed by atoms with Crippen LogP contribution in [0.25, 0.3) is 0 Å². The highest BCUT2D eigenvalue weighted by atomic mass is 16.2. The van der Waals surface area contributed by atoms with Crippen molar-refractivity contribution in [1.29, 1.82) is 0 Å². The maximum atomic E-state index is 12.9. The van der Waals surface area contributed by atoms with Gasteiger partial charge in [0.2, 0.25) is 11.8 Å². The molecule has 2 aromatic rings. The number of allylic oxidation sites excluding steroid dienone is 2. The maximum absolute atomic E-state index is 12.9. The van der Waals surface area contributed by atoms with E-state index in [2.05, 4.69) is 15.7 Å². The van der Waals surface area contributed by atoms with Crippen molar-refractivity contribution in [3.63, 3.8) is 0 Å². The van der Waals surface area contributed by atoms with Crippen LogP contribution in [0.1, 0.15) is 28.9 Å². The summed E-state index contributed by atoms with van der Waals surface area (Å²) in [6.07, 6.45) is 7.37. The van der Waals surface area contributed by atoms with E-state index in [9.17, 15) is 14.4 Å². The first kappa shape index (κ1) is 18.9. The van der Waals surface area contributed by atoms with E-state index < -0.39 is 0 Å². The van der Waals surface area contributed by atoms with Crippen LogP contribution in [0, 0.1) is 11.8 Å². The van der Waals surface area contributed by atoms with Crippen LogP contribution in [-0.2, 0) is 16.0 Å². The normalized spacial score (nSPS) is 20.8. The molecule has 2 atom stereocenters. The summed E-state index contributed by atoms with van der Waals surface area (Å²) in [7, 11) is 0. The molecular formula is C22H22N4O3. The number of fused-ring (bicyclic) bond motifs is 1. The van der Waals surface area contributed by atoms with Crippen LogP contribution in [-0.4, -0.2) is 29.3 Å². The fourth-order valence-electron chi connectivity index (χ4n) is 3.72. The lowest BCUT2D eigenvalue weighted by Gasteiger charge is -2.38. The van der Waals surface area contributed by atoms with Gasteiger partial charge in [0, 0.05) is 30.4 Å².